The number of nitrogens with one attached hydrogen (secondary N) is 1. The van der Waals surface area contributed by atoms with E-state index >= 15 is 0 Å². The van der Waals surface area contributed by atoms with Crippen molar-refractivity contribution < 1.29 is 19.1 Å². The van der Waals surface area contributed by atoms with Crippen molar-refractivity contribution in [3.8, 4) is 0 Å². The van der Waals surface area contributed by atoms with Crippen molar-refractivity contribution >= 4 is 11.9 Å². The molecule has 18 heavy (non-hydrogen) atoms. The van der Waals surface area contributed by atoms with Crippen molar-refractivity contribution in [2.75, 3.05) is 19.8 Å². The largest absolute Gasteiger partial charge is 0.463 e. The summed E-state index contributed by atoms with van der Waals surface area (Å²) in [5.74, 6) is -0.269. The van der Waals surface area contributed by atoms with Crippen molar-refractivity contribution in [1.29, 1.82) is 0 Å². The Balaban J connectivity index is 3.47. The summed E-state index contributed by atoms with van der Waals surface area (Å²) < 4.78 is 10.2. The number of hydrogen-bond donors (Lipinski definition) is 1. The monoisotopic (exact) mass is 259 g/mol. The lowest BCUT2D eigenvalue weighted by Crippen LogP contribution is -2.36. The Hall–Kier alpha value is -1.10. The molecule has 1 N–H and O–H groups in total. The molecular formula is C13H25NO4. The molecule has 0 aromatic carbocycles. The van der Waals surface area contributed by atoms with E-state index in [2.05, 4.69) is 5.32 Å². The highest BCUT2D eigenvalue weighted by molar-refractivity contribution is 5.81. The standard InChI is InChI=1S/C13H25NO4/c1-10(2)18-11(15)6-8-17-9-7-14-12(16)13(3,4)5/h10H,6-9H2,1-5H3,(H,14,16). The molecule has 0 rings (SSSR count). The molecule has 5 nitrogen and oxygen atoms in total. The maximum Gasteiger partial charge on any atom is 0.308 e. The number of hydrogen-bond acceptors (Lipinski definition) is 4. The molecular weight excluding hydrogens is 234 g/mol. The molecule has 0 heterocycles. The maximum absolute atomic E-state index is 11.5. The predicted octanol–water partition coefficient (Wildman–Crippen LogP) is 1.51. The van der Waals surface area contributed by atoms with Crippen LogP contribution < -0.4 is 5.32 Å². The van der Waals surface area contributed by atoms with Gasteiger partial charge in [-0.25, -0.2) is 0 Å². The van der Waals surface area contributed by atoms with Gasteiger partial charge in [0.2, 0.25) is 5.91 Å². The Morgan fingerprint density at radius 1 is 1.17 bits per heavy atom. The molecule has 5 heteroatoms. The van der Waals surface area contributed by atoms with Gasteiger partial charge in [0, 0.05) is 12.0 Å². The molecule has 0 aromatic rings. The lowest BCUT2D eigenvalue weighted by atomic mass is 9.96. The number of rotatable bonds is 7. The van der Waals surface area contributed by atoms with Crippen molar-refractivity contribution in [2.45, 2.75) is 47.1 Å². The Bertz CT molecular complexity index is 269. The summed E-state index contributed by atoms with van der Waals surface area (Å²) in [5.41, 5.74) is -0.388. The van der Waals surface area contributed by atoms with Crippen LogP contribution in [-0.4, -0.2) is 37.7 Å². The summed E-state index contributed by atoms with van der Waals surface area (Å²) in [6.45, 7) is 10.3. The van der Waals surface area contributed by atoms with E-state index in [4.69, 9.17) is 9.47 Å². The molecule has 0 aliphatic carbocycles. The Kier molecular flexibility index (Phi) is 7.59. The zero-order valence-corrected chi connectivity index (χ0v) is 12.0. The molecule has 0 radical (unpaired) electrons. The van der Waals surface area contributed by atoms with E-state index in [-0.39, 0.29) is 29.8 Å². The van der Waals surface area contributed by atoms with Gasteiger partial charge in [0.25, 0.3) is 0 Å². The van der Waals surface area contributed by atoms with Gasteiger partial charge in [-0.1, -0.05) is 20.8 Å². The van der Waals surface area contributed by atoms with Crippen molar-refractivity contribution in [2.24, 2.45) is 5.41 Å². The van der Waals surface area contributed by atoms with Crippen LogP contribution in [0.3, 0.4) is 0 Å². The van der Waals surface area contributed by atoms with E-state index in [1.165, 1.54) is 0 Å². The molecule has 0 atom stereocenters. The van der Waals surface area contributed by atoms with Crippen LogP contribution in [-0.2, 0) is 19.1 Å². The van der Waals surface area contributed by atoms with E-state index in [1.807, 2.05) is 20.8 Å². The molecule has 0 unspecified atom stereocenters. The summed E-state index contributed by atoms with van der Waals surface area (Å²) in [7, 11) is 0. The summed E-state index contributed by atoms with van der Waals surface area (Å²) in [5, 5.41) is 2.76. The minimum atomic E-state index is -0.388. The summed E-state index contributed by atoms with van der Waals surface area (Å²) in [4.78, 5) is 22.6. The average Bonchev–Trinajstić information content (AvgIpc) is 2.20. The van der Waals surface area contributed by atoms with Crippen LogP contribution in [0.5, 0.6) is 0 Å². The number of carbonyl (C=O) groups is 2. The van der Waals surface area contributed by atoms with E-state index in [0.717, 1.165) is 0 Å². The van der Waals surface area contributed by atoms with Crippen LogP contribution in [0.2, 0.25) is 0 Å². The molecule has 0 spiro atoms. The molecule has 0 aliphatic heterocycles. The van der Waals surface area contributed by atoms with Gasteiger partial charge in [-0.2, -0.15) is 0 Å². The highest BCUT2D eigenvalue weighted by Crippen LogP contribution is 2.11. The fourth-order valence-electron chi connectivity index (χ4n) is 1.08. The molecule has 0 fully saturated rings. The molecule has 106 valence electrons. The summed E-state index contributed by atoms with van der Waals surface area (Å²) in [6.07, 6.45) is 0.148. The highest BCUT2D eigenvalue weighted by Gasteiger charge is 2.20. The Labute approximate surface area is 109 Å². The van der Waals surface area contributed by atoms with Crippen LogP contribution in [0, 0.1) is 5.41 Å². The molecule has 0 aromatic heterocycles. The van der Waals surface area contributed by atoms with Crippen molar-refractivity contribution in [3.63, 3.8) is 0 Å². The number of amides is 1. The minimum absolute atomic E-state index is 0.00897. The quantitative estimate of drug-likeness (QED) is 0.556. The molecule has 0 saturated heterocycles. The third-order valence-electron chi connectivity index (χ3n) is 2.03. The zero-order chi connectivity index (χ0) is 14.2. The lowest BCUT2D eigenvalue weighted by Gasteiger charge is -2.17. The second kappa shape index (κ2) is 8.08. The van der Waals surface area contributed by atoms with Crippen LogP contribution in [0.25, 0.3) is 0 Å². The van der Waals surface area contributed by atoms with E-state index in [9.17, 15) is 9.59 Å². The fourth-order valence-corrected chi connectivity index (χ4v) is 1.08. The first-order valence-corrected chi connectivity index (χ1v) is 6.29. The molecule has 0 bridgehead atoms. The van der Waals surface area contributed by atoms with Crippen LogP contribution >= 0.6 is 0 Å². The van der Waals surface area contributed by atoms with Gasteiger partial charge in [-0.15, -0.1) is 0 Å². The second-order valence-electron chi connectivity index (χ2n) is 5.41. The first-order chi connectivity index (χ1) is 8.23. The second-order valence-corrected chi connectivity index (χ2v) is 5.41. The molecule has 1 amide bonds. The van der Waals surface area contributed by atoms with Crippen molar-refractivity contribution in [3.05, 3.63) is 0 Å². The summed E-state index contributed by atoms with van der Waals surface area (Å²) >= 11 is 0. The average molecular weight is 259 g/mol. The molecule has 0 saturated carbocycles. The topological polar surface area (TPSA) is 64.6 Å². The highest BCUT2D eigenvalue weighted by atomic mass is 16.5. The SMILES string of the molecule is CC(C)OC(=O)CCOCCNC(=O)C(C)(C)C. The lowest BCUT2D eigenvalue weighted by molar-refractivity contribution is -0.148. The van der Waals surface area contributed by atoms with Gasteiger partial charge < -0.3 is 14.8 Å². The number of carbonyl (C=O) groups excluding carboxylic acids is 2. The van der Waals surface area contributed by atoms with Crippen LogP contribution in [0.15, 0.2) is 0 Å². The van der Waals surface area contributed by atoms with Gasteiger partial charge in [-0.05, 0) is 13.8 Å². The smallest absolute Gasteiger partial charge is 0.308 e. The first kappa shape index (κ1) is 16.9. The van der Waals surface area contributed by atoms with Gasteiger partial charge in [0.05, 0.1) is 25.7 Å². The third-order valence-corrected chi connectivity index (χ3v) is 2.03. The van der Waals surface area contributed by atoms with Crippen molar-refractivity contribution in [1.82, 2.24) is 5.32 Å². The first-order valence-electron chi connectivity index (χ1n) is 6.29. The summed E-state index contributed by atoms with van der Waals surface area (Å²) in [6, 6.07) is 0. The van der Waals surface area contributed by atoms with E-state index in [1.54, 1.807) is 13.8 Å². The van der Waals surface area contributed by atoms with Crippen LogP contribution in [0.4, 0.5) is 0 Å². The Morgan fingerprint density at radius 3 is 2.28 bits per heavy atom. The maximum atomic E-state index is 11.5. The van der Waals surface area contributed by atoms with Crippen LogP contribution in [0.1, 0.15) is 41.0 Å². The van der Waals surface area contributed by atoms with Gasteiger partial charge in [0.1, 0.15) is 0 Å². The number of esters is 1. The van der Waals surface area contributed by atoms with E-state index in [0.29, 0.717) is 19.8 Å². The zero-order valence-electron chi connectivity index (χ0n) is 12.0. The normalized spacial score (nSPS) is 11.4. The van der Waals surface area contributed by atoms with Gasteiger partial charge in [0.15, 0.2) is 0 Å². The number of ether oxygens (including phenoxy) is 2. The predicted molar refractivity (Wildman–Crippen MR) is 69.1 cm³/mol. The molecule has 0 aliphatic rings. The third kappa shape index (κ3) is 8.98. The minimum Gasteiger partial charge on any atom is -0.463 e. The van der Waals surface area contributed by atoms with E-state index < -0.39 is 0 Å². The van der Waals surface area contributed by atoms with Gasteiger partial charge in [-0.3, -0.25) is 9.59 Å². The van der Waals surface area contributed by atoms with Gasteiger partial charge >= 0.3 is 5.97 Å². The Morgan fingerprint density at radius 2 is 1.78 bits per heavy atom. The fraction of sp³-hybridized carbons (Fsp3) is 0.846.